The molecule has 0 amide bonds. The minimum Gasteiger partial charge on any atom is -0.310 e. The van der Waals surface area contributed by atoms with Gasteiger partial charge in [-0.25, -0.2) is 0 Å². The summed E-state index contributed by atoms with van der Waals surface area (Å²) in [6.07, 6.45) is 4.70. The summed E-state index contributed by atoms with van der Waals surface area (Å²) < 4.78 is 0. The van der Waals surface area contributed by atoms with Gasteiger partial charge in [0.1, 0.15) is 0 Å². The predicted octanol–water partition coefficient (Wildman–Crippen LogP) is 2.83. The zero-order valence-electron chi connectivity index (χ0n) is 9.22. The van der Waals surface area contributed by atoms with E-state index in [2.05, 4.69) is 32.7 Å². The second-order valence-electron chi connectivity index (χ2n) is 4.53. The highest BCUT2D eigenvalue weighted by Gasteiger charge is 2.40. The average molecular weight is 181 g/mol. The molecule has 0 aromatic heterocycles. The van der Waals surface area contributed by atoms with E-state index < -0.39 is 0 Å². The SMILES string of the molecule is C=CCNC1C(CC)C[C@H]1C(C)C. The Kier molecular flexibility index (Phi) is 3.98. The number of hydrogen-bond acceptors (Lipinski definition) is 1. The van der Waals surface area contributed by atoms with Crippen molar-refractivity contribution in [1.29, 1.82) is 0 Å². The first kappa shape index (κ1) is 10.8. The van der Waals surface area contributed by atoms with Crippen LogP contribution in [0.2, 0.25) is 0 Å². The third-order valence-electron chi connectivity index (χ3n) is 3.42. The molecule has 0 aliphatic heterocycles. The minimum absolute atomic E-state index is 0.753. The van der Waals surface area contributed by atoms with Crippen molar-refractivity contribution in [3.05, 3.63) is 12.7 Å². The molecule has 1 nitrogen and oxygen atoms in total. The van der Waals surface area contributed by atoms with Crippen LogP contribution in [0.4, 0.5) is 0 Å². The Hall–Kier alpha value is -0.300. The molecule has 3 atom stereocenters. The zero-order chi connectivity index (χ0) is 9.84. The van der Waals surface area contributed by atoms with Gasteiger partial charge in [-0.2, -0.15) is 0 Å². The van der Waals surface area contributed by atoms with Gasteiger partial charge in [-0.3, -0.25) is 0 Å². The third-order valence-corrected chi connectivity index (χ3v) is 3.42. The molecule has 0 aromatic rings. The highest BCUT2D eigenvalue weighted by Crippen LogP contribution is 2.40. The Morgan fingerprint density at radius 1 is 1.54 bits per heavy atom. The van der Waals surface area contributed by atoms with Gasteiger partial charge in [0, 0.05) is 12.6 Å². The summed E-state index contributed by atoms with van der Waals surface area (Å²) in [5.41, 5.74) is 0. The van der Waals surface area contributed by atoms with Crippen molar-refractivity contribution in [1.82, 2.24) is 5.32 Å². The largest absolute Gasteiger partial charge is 0.310 e. The van der Waals surface area contributed by atoms with E-state index in [0.29, 0.717) is 0 Å². The van der Waals surface area contributed by atoms with Gasteiger partial charge in [0.05, 0.1) is 0 Å². The van der Waals surface area contributed by atoms with Gasteiger partial charge in [-0.1, -0.05) is 33.3 Å². The Labute approximate surface area is 82.6 Å². The molecular formula is C12H23N. The Bertz CT molecular complexity index is 163. The van der Waals surface area contributed by atoms with Crippen LogP contribution in [0.15, 0.2) is 12.7 Å². The van der Waals surface area contributed by atoms with E-state index in [1.54, 1.807) is 0 Å². The number of hydrogen-bond donors (Lipinski definition) is 1. The molecule has 1 aliphatic carbocycles. The topological polar surface area (TPSA) is 12.0 Å². The number of nitrogens with one attached hydrogen (secondary N) is 1. The van der Waals surface area contributed by atoms with Gasteiger partial charge in [0.15, 0.2) is 0 Å². The van der Waals surface area contributed by atoms with Crippen LogP contribution < -0.4 is 5.32 Å². The standard InChI is InChI=1S/C12H23N/c1-5-7-13-12-10(6-2)8-11(12)9(3)4/h5,9-13H,1,6-8H2,2-4H3/t10?,11-,12?/m0/s1. The molecule has 1 rings (SSSR count). The molecule has 1 heteroatoms. The summed E-state index contributed by atoms with van der Waals surface area (Å²) in [5.74, 6) is 2.63. The quantitative estimate of drug-likeness (QED) is 0.643. The van der Waals surface area contributed by atoms with E-state index in [4.69, 9.17) is 0 Å². The highest BCUT2D eigenvalue weighted by atomic mass is 14.9. The molecule has 0 saturated heterocycles. The van der Waals surface area contributed by atoms with E-state index in [1.807, 2.05) is 6.08 Å². The van der Waals surface area contributed by atoms with Crippen molar-refractivity contribution < 1.29 is 0 Å². The molecule has 0 heterocycles. The van der Waals surface area contributed by atoms with E-state index >= 15 is 0 Å². The van der Waals surface area contributed by atoms with Crippen molar-refractivity contribution in [3.8, 4) is 0 Å². The third kappa shape index (κ3) is 2.34. The minimum atomic E-state index is 0.753. The van der Waals surface area contributed by atoms with Gasteiger partial charge >= 0.3 is 0 Å². The van der Waals surface area contributed by atoms with Crippen LogP contribution in [0.3, 0.4) is 0 Å². The van der Waals surface area contributed by atoms with Crippen molar-refractivity contribution in [3.63, 3.8) is 0 Å². The zero-order valence-corrected chi connectivity index (χ0v) is 9.22. The number of rotatable bonds is 5. The average Bonchev–Trinajstić information content (AvgIpc) is 2.03. The van der Waals surface area contributed by atoms with Crippen LogP contribution in [0, 0.1) is 17.8 Å². The highest BCUT2D eigenvalue weighted by molar-refractivity contribution is 4.96. The molecule has 76 valence electrons. The fraction of sp³-hybridized carbons (Fsp3) is 0.833. The van der Waals surface area contributed by atoms with Crippen molar-refractivity contribution >= 4 is 0 Å². The van der Waals surface area contributed by atoms with Crippen molar-refractivity contribution in [2.75, 3.05) is 6.54 Å². The summed E-state index contributed by atoms with van der Waals surface area (Å²) in [5, 5.41) is 3.58. The molecule has 2 unspecified atom stereocenters. The second kappa shape index (κ2) is 4.80. The molecule has 1 aliphatic rings. The maximum atomic E-state index is 3.75. The van der Waals surface area contributed by atoms with Gasteiger partial charge in [-0.05, 0) is 24.2 Å². The lowest BCUT2D eigenvalue weighted by Crippen LogP contribution is -2.53. The Morgan fingerprint density at radius 2 is 2.23 bits per heavy atom. The lowest BCUT2D eigenvalue weighted by atomic mass is 9.64. The van der Waals surface area contributed by atoms with Crippen LogP contribution in [0.5, 0.6) is 0 Å². The summed E-state index contributed by atoms with van der Waals surface area (Å²) in [4.78, 5) is 0. The molecule has 0 aromatic carbocycles. The first-order chi connectivity index (χ1) is 6.20. The molecule has 0 bridgehead atoms. The smallest absolute Gasteiger partial charge is 0.0135 e. The van der Waals surface area contributed by atoms with Crippen LogP contribution >= 0.6 is 0 Å². The summed E-state index contributed by atoms with van der Waals surface area (Å²) >= 11 is 0. The summed E-state index contributed by atoms with van der Waals surface area (Å²) in [6.45, 7) is 11.7. The fourth-order valence-electron chi connectivity index (χ4n) is 2.44. The van der Waals surface area contributed by atoms with Gasteiger partial charge in [0.2, 0.25) is 0 Å². The molecular weight excluding hydrogens is 158 g/mol. The Balaban J connectivity index is 2.39. The normalized spacial score (nSPS) is 33.1. The Morgan fingerprint density at radius 3 is 2.69 bits per heavy atom. The first-order valence-electron chi connectivity index (χ1n) is 5.55. The van der Waals surface area contributed by atoms with Gasteiger partial charge < -0.3 is 5.32 Å². The second-order valence-corrected chi connectivity index (χ2v) is 4.53. The van der Waals surface area contributed by atoms with E-state index in [9.17, 15) is 0 Å². The lowest BCUT2D eigenvalue weighted by Gasteiger charge is -2.47. The molecule has 13 heavy (non-hydrogen) atoms. The molecule has 1 fully saturated rings. The maximum Gasteiger partial charge on any atom is 0.0135 e. The van der Waals surface area contributed by atoms with Gasteiger partial charge in [-0.15, -0.1) is 6.58 Å². The van der Waals surface area contributed by atoms with Gasteiger partial charge in [0.25, 0.3) is 0 Å². The molecule has 0 spiro atoms. The molecule has 1 N–H and O–H groups in total. The first-order valence-corrected chi connectivity index (χ1v) is 5.55. The maximum absolute atomic E-state index is 3.75. The summed E-state index contributed by atoms with van der Waals surface area (Å²) in [7, 11) is 0. The van der Waals surface area contributed by atoms with E-state index in [-0.39, 0.29) is 0 Å². The monoisotopic (exact) mass is 181 g/mol. The van der Waals surface area contributed by atoms with Crippen LogP contribution in [0.25, 0.3) is 0 Å². The van der Waals surface area contributed by atoms with Crippen molar-refractivity contribution in [2.24, 2.45) is 17.8 Å². The molecule has 1 saturated carbocycles. The molecule has 0 radical (unpaired) electrons. The lowest BCUT2D eigenvalue weighted by molar-refractivity contribution is 0.0707. The van der Waals surface area contributed by atoms with Crippen LogP contribution in [0.1, 0.15) is 33.6 Å². The van der Waals surface area contributed by atoms with E-state index in [1.165, 1.54) is 12.8 Å². The van der Waals surface area contributed by atoms with Crippen LogP contribution in [-0.4, -0.2) is 12.6 Å². The summed E-state index contributed by atoms with van der Waals surface area (Å²) in [6, 6.07) is 0.753. The van der Waals surface area contributed by atoms with Crippen LogP contribution in [-0.2, 0) is 0 Å². The fourth-order valence-corrected chi connectivity index (χ4v) is 2.44. The van der Waals surface area contributed by atoms with E-state index in [0.717, 1.165) is 30.3 Å². The predicted molar refractivity (Wildman–Crippen MR) is 58.7 cm³/mol. The van der Waals surface area contributed by atoms with Crippen molar-refractivity contribution in [2.45, 2.75) is 39.7 Å².